The topological polar surface area (TPSA) is 0 Å². The number of thioether (sulfide) groups is 1. The molecule has 0 aliphatic heterocycles. The average molecular weight is 199 g/mol. The maximum absolute atomic E-state index is 11.3. The molecule has 0 aromatic carbocycles. The lowest BCUT2D eigenvalue weighted by Gasteiger charge is -2.04. The Labute approximate surface area is 64.7 Å². The van der Waals surface area contributed by atoms with Crippen molar-refractivity contribution in [3.8, 4) is 0 Å². The lowest BCUT2D eigenvalue weighted by Crippen LogP contribution is -2.04. The standard InChI is InChI=1S/C3H3Cl2F3S/c4-2(5)1-9-3(6,7)8/h2H,1H2. The second kappa shape index (κ2) is 3.78. The first-order chi connectivity index (χ1) is 3.92. The maximum atomic E-state index is 11.3. The minimum absolute atomic E-state index is 0.222. The van der Waals surface area contributed by atoms with Crippen molar-refractivity contribution in [3.05, 3.63) is 0 Å². The highest BCUT2D eigenvalue weighted by Crippen LogP contribution is 2.31. The molecule has 0 atom stereocenters. The fraction of sp³-hybridized carbons (Fsp3) is 1.00. The first-order valence-electron chi connectivity index (χ1n) is 1.90. The second-order valence-corrected chi connectivity index (χ2v) is 3.51. The fourth-order valence-electron chi connectivity index (χ4n) is 0.157. The molecule has 0 N–H and O–H groups in total. The smallest absolute Gasteiger partial charge is 0.160 e. The molecule has 0 unspecified atom stereocenters. The molecule has 0 fully saturated rings. The SMILES string of the molecule is FC(F)(F)SCC(Cl)Cl. The van der Waals surface area contributed by atoms with E-state index in [4.69, 9.17) is 23.2 Å². The monoisotopic (exact) mass is 198 g/mol. The van der Waals surface area contributed by atoms with Gasteiger partial charge in [0.25, 0.3) is 0 Å². The van der Waals surface area contributed by atoms with Crippen LogP contribution in [0.3, 0.4) is 0 Å². The van der Waals surface area contributed by atoms with Gasteiger partial charge in [0.15, 0.2) is 0 Å². The quantitative estimate of drug-likeness (QED) is 0.616. The van der Waals surface area contributed by atoms with E-state index in [2.05, 4.69) is 0 Å². The molecule has 0 rings (SSSR count). The zero-order valence-electron chi connectivity index (χ0n) is 4.08. The van der Waals surface area contributed by atoms with Crippen molar-refractivity contribution in [2.45, 2.75) is 10.3 Å². The van der Waals surface area contributed by atoms with E-state index < -0.39 is 10.3 Å². The molecule has 0 bridgehead atoms. The van der Waals surface area contributed by atoms with Crippen molar-refractivity contribution in [1.29, 1.82) is 0 Å². The molecular formula is C3H3Cl2F3S. The Kier molecular flexibility index (Phi) is 4.09. The van der Waals surface area contributed by atoms with Crippen molar-refractivity contribution >= 4 is 35.0 Å². The fourth-order valence-corrected chi connectivity index (χ4v) is 0.850. The van der Waals surface area contributed by atoms with Gasteiger partial charge >= 0.3 is 5.51 Å². The number of alkyl halides is 5. The Morgan fingerprint density at radius 1 is 1.33 bits per heavy atom. The maximum Gasteiger partial charge on any atom is 0.441 e. The van der Waals surface area contributed by atoms with Crippen molar-refractivity contribution in [1.82, 2.24) is 0 Å². The summed E-state index contributed by atoms with van der Waals surface area (Å²) in [5.74, 6) is -0.313. The van der Waals surface area contributed by atoms with Gasteiger partial charge in [-0.05, 0) is 11.8 Å². The normalized spacial score (nSPS) is 12.7. The van der Waals surface area contributed by atoms with Crippen molar-refractivity contribution in [3.63, 3.8) is 0 Å². The van der Waals surface area contributed by atoms with Crippen molar-refractivity contribution in [2.24, 2.45) is 0 Å². The number of rotatable bonds is 2. The van der Waals surface area contributed by atoms with Crippen LogP contribution in [0.25, 0.3) is 0 Å². The number of hydrogen-bond donors (Lipinski definition) is 0. The summed E-state index contributed by atoms with van der Waals surface area (Å²) in [7, 11) is 0. The molecule has 0 saturated carbocycles. The highest BCUT2D eigenvalue weighted by atomic mass is 35.5. The van der Waals surface area contributed by atoms with Crippen molar-refractivity contribution < 1.29 is 13.2 Å². The summed E-state index contributed by atoms with van der Waals surface area (Å²) in [6, 6.07) is 0. The lowest BCUT2D eigenvalue weighted by molar-refractivity contribution is -0.0327. The minimum atomic E-state index is -4.22. The van der Waals surface area contributed by atoms with Crippen LogP contribution in [-0.4, -0.2) is 16.1 Å². The highest BCUT2D eigenvalue weighted by Gasteiger charge is 2.28. The van der Waals surface area contributed by atoms with E-state index >= 15 is 0 Å². The second-order valence-electron chi connectivity index (χ2n) is 1.15. The first-order valence-corrected chi connectivity index (χ1v) is 3.76. The van der Waals surface area contributed by atoms with Crippen LogP contribution in [0, 0.1) is 0 Å². The van der Waals surface area contributed by atoms with Crippen LogP contribution in [0.5, 0.6) is 0 Å². The van der Waals surface area contributed by atoms with Crippen LogP contribution in [-0.2, 0) is 0 Å². The molecule has 0 spiro atoms. The predicted octanol–water partition coefficient (Wildman–Crippen LogP) is 3.04. The summed E-state index contributed by atoms with van der Waals surface area (Å²) < 4.78 is 33.8. The van der Waals surface area contributed by atoms with E-state index in [0.717, 1.165) is 0 Å². The molecule has 6 heteroatoms. The Bertz CT molecular complexity index is 81.6. The summed E-state index contributed by atoms with van der Waals surface area (Å²) in [6.45, 7) is 0. The molecule has 0 aliphatic rings. The van der Waals surface area contributed by atoms with Gasteiger partial charge in [0.1, 0.15) is 4.84 Å². The van der Waals surface area contributed by atoms with E-state index in [1.165, 1.54) is 0 Å². The van der Waals surface area contributed by atoms with Crippen LogP contribution in [0.2, 0.25) is 0 Å². The third kappa shape index (κ3) is 8.72. The number of hydrogen-bond acceptors (Lipinski definition) is 1. The molecule has 0 saturated heterocycles. The Balaban J connectivity index is 3.28. The molecule has 0 heterocycles. The van der Waals surface area contributed by atoms with Gasteiger partial charge in [0.2, 0.25) is 0 Å². The first kappa shape index (κ1) is 9.72. The zero-order valence-corrected chi connectivity index (χ0v) is 6.41. The molecule has 0 nitrogen and oxygen atoms in total. The Morgan fingerprint density at radius 2 is 1.78 bits per heavy atom. The summed E-state index contributed by atoms with van der Waals surface area (Å²) in [5.41, 5.74) is -4.22. The predicted molar refractivity (Wildman–Crippen MR) is 34.0 cm³/mol. The van der Waals surface area contributed by atoms with Gasteiger partial charge in [-0.1, -0.05) is 0 Å². The molecule has 0 aliphatic carbocycles. The van der Waals surface area contributed by atoms with Crippen LogP contribution >= 0.6 is 35.0 Å². The summed E-state index contributed by atoms with van der Waals surface area (Å²) in [6.07, 6.45) is 0. The van der Waals surface area contributed by atoms with E-state index in [0.29, 0.717) is 0 Å². The summed E-state index contributed by atoms with van der Waals surface area (Å²) in [4.78, 5) is -0.948. The van der Waals surface area contributed by atoms with Crippen LogP contribution in [0.1, 0.15) is 0 Å². The molecular weight excluding hydrogens is 196 g/mol. The summed E-state index contributed by atoms with van der Waals surface area (Å²) in [5, 5.41) is 0. The largest absolute Gasteiger partial charge is 0.441 e. The molecule has 0 aromatic rings. The van der Waals surface area contributed by atoms with Crippen LogP contribution in [0.15, 0.2) is 0 Å². The van der Waals surface area contributed by atoms with Crippen LogP contribution in [0.4, 0.5) is 13.2 Å². The Morgan fingerprint density at radius 3 is 1.89 bits per heavy atom. The van der Waals surface area contributed by atoms with E-state index in [9.17, 15) is 13.2 Å². The molecule has 0 amide bonds. The molecule has 0 aromatic heterocycles. The van der Waals surface area contributed by atoms with Gasteiger partial charge in [-0.25, -0.2) is 0 Å². The third-order valence-corrected chi connectivity index (χ3v) is 1.87. The van der Waals surface area contributed by atoms with Gasteiger partial charge in [0, 0.05) is 5.75 Å². The van der Waals surface area contributed by atoms with Gasteiger partial charge in [-0.3, -0.25) is 0 Å². The van der Waals surface area contributed by atoms with Crippen LogP contribution < -0.4 is 0 Å². The third-order valence-electron chi connectivity index (χ3n) is 0.373. The lowest BCUT2D eigenvalue weighted by atomic mass is 10.9. The van der Waals surface area contributed by atoms with E-state index in [1.54, 1.807) is 0 Å². The van der Waals surface area contributed by atoms with Gasteiger partial charge in [0.05, 0.1) is 0 Å². The summed E-state index contributed by atoms with van der Waals surface area (Å²) >= 11 is 9.83. The highest BCUT2D eigenvalue weighted by molar-refractivity contribution is 8.00. The van der Waals surface area contributed by atoms with Gasteiger partial charge < -0.3 is 0 Å². The van der Waals surface area contributed by atoms with Crippen molar-refractivity contribution in [2.75, 3.05) is 5.75 Å². The number of halogens is 5. The zero-order chi connectivity index (χ0) is 7.49. The van der Waals surface area contributed by atoms with Gasteiger partial charge in [-0.2, -0.15) is 13.2 Å². The molecule has 56 valence electrons. The average Bonchev–Trinajstić information content (AvgIpc) is 1.59. The Hall–Kier alpha value is 0.720. The van der Waals surface area contributed by atoms with E-state index in [1.807, 2.05) is 0 Å². The molecule has 0 radical (unpaired) electrons. The minimum Gasteiger partial charge on any atom is -0.160 e. The molecule has 9 heavy (non-hydrogen) atoms. The van der Waals surface area contributed by atoms with Gasteiger partial charge in [-0.15, -0.1) is 23.2 Å². The van der Waals surface area contributed by atoms with E-state index in [-0.39, 0.29) is 17.5 Å².